The second-order valence-corrected chi connectivity index (χ2v) is 9.10. The molecule has 0 spiro atoms. The third-order valence-corrected chi connectivity index (χ3v) is 6.98. The van der Waals surface area contributed by atoms with Crippen molar-refractivity contribution < 1.29 is 27.7 Å². The minimum absolute atomic E-state index is 0.214. The van der Waals surface area contributed by atoms with Gasteiger partial charge in [0, 0.05) is 19.2 Å². The van der Waals surface area contributed by atoms with Gasteiger partial charge in [0.25, 0.3) is 0 Å². The molecule has 12 heteroatoms. The third kappa shape index (κ3) is 4.75. The maximum Gasteiger partial charge on any atom is 0.315 e. The van der Waals surface area contributed by atoms with Crippen molar-refractivity contribution in [3.63, 3.8) is 0 Å². The van der Waals surface area contributed by atoms with E-state index in [-0.39, 0.29) is 22.1 Å². The van der Waals surface area contributed by atoms with Crippen LogP contribution in [0.4, 0.5) is 11.4 Å². The van der Waals surface area contributed by atoms with Gasteiger partial charge in [-0.15, -0.1) is 0 Å². The zero-order valence-corrected chi connectivity index (χ0v) is 17.7. The van der Waals surface area contributed by atoms with Crippen molar-refractivity contribution in [1.29, 1.82) is 0 Å². The van der Waals surface area contributed by atoms with Crippen LogP contribution >= 0.6 is 0 Å². The van der Waals surface area contributed by atoms with Crippen LogP contribution < -0.4 is 9.47 Å². The summed E-state index contributed by atoms with van der Waals surface area (Å²) >= 11 is 0. The Kier molecular flexibility index (Phi) is 6.41. The number of benzene rings is 2. The number of rotatable bonds is 7. The van der Waals surface area contributed by atoms with Crippen LogP contribution in [-0.4, -0.2) is 42.8 Å². The van der Waals surface area contributed by atoms with Gasteiger partial charge in [-0.25, -0.2) is 8.42 Å². The highest BCUT2D eigenvalue weighted by atomic mass is 32.2. The number of ether oxygens (including phenoxy) is 2. The molecule has 1 aliphatic rings. The maximum absolute atomic E-state index is 12.9. The zero-order chi connectivity index (χ0) is 22.8. The standard InChI is InChI=1S/C19H21N3O8S/c1-13-7-9-20(10-8-13)31(27,28)15-4-6-19(17(12-15)22(25)26)30-18-5-3-14(29-2)11-16(18)21(23)24/h3-6,11-13H,7-10H2,1-2H3. The number of nitro groups is 2. The zero-order valence-electron chi connectivity index (χ0n) is 16.9. The fourth-order valence-electron chi connectivity index (χ4n) is 3.23. The van der Waals surface area contributed by atoms with Gasteiger partial charge in [-0.1, -0.05) is 6.92 Å². The summed E-state index contributed by atoms with van der Waals surface area (Å²) < 4.78 is 37.5. The normalized spacial score (nSPS) is 15.4. The smallest absolute Gasteiger partial charge is 0.315 e. The molecule has 0 atom stereocenters. The van der Waals surface area contributed by atoms with Crippen LogP contribution in [-0.2, 0) is 10.0 Å². The van der Waals surface area contributed by atoms with E-state index in [1.54, 1.807) is 0 Å². The number of piperidine rings is 1. The molecule has 1 aliphatic heterocycles. The van der Waals surface area contributed by atoms with E-state index in [1.165, 1.54) is 29.6 Å². The summed E-state index contributed by atoms with van der Waals surface area (Å²) in [6.45, 7) is 2.72. The van der Waals surface area contributed by atoms with Crippen LogP contribution in [0.25, 0.3) is 0 Å². The molecule has 31 heavy (non-hydrogen) atoms. The molecule has 0 saturated carbocycles. The topological polar surface area (TPSA) is 142 Å². The Bertz CT molecular complexity index is 1110. The van der Waals surface area contributed by atoms with Crippen molar-refractivity contribution in [2.45, 2.75) is 24.7 Å². The molecule has 166 valence electrons. The van der Waals surface area contributed by atoms with E-state index < -0.39 is 31.2 Å². The van der Waals surface area contributed by atoms with E-state index in [9.17, 15) is 28.6 Å². The molecule has 2 aromatic rings. The van der Waals surface area contributed by atoms with E-state index in [2.05, 4.69) is 0 Å². The van der Waals surface area contributed by atoms with Gasteiger partial charge in [-0.05, 0) is 43.0 Å². The molecule has 2 aromatic carbocycles. The summed E-state index contributed by atoms with van der Waals surface area (Å²) in [6, 6.07) is 7.02. The molecule has 0 bridgehead atoms. The number of sulfonamides is 1. The first-order chi connectivity index (χ1) is 14.6. The number of hydrogen-bond donors (Lipinski definition) is 0. The molecule has 1 heterocycles. The summed E-state index contributed by atoms with van der Waals surface area (Å²) in [7, 11) is -2.57. The summed E-state index contributed by atoms with van der Waals surface area (Å²) in [4.78, 5) is 21.2. The summed E-state index contributed by atoms with van der Waals surface area (Å²) in [5.41, 5.74) is -1.07. The first-order valence-electron chi connectivity index (χ1n) is 9.42. The van der Waals surface area contributed by atoms with Crippen molar-refractivity contribution in [2.24, 2.45) is 5.92 Å². The predicted octanol–water partition coefficient (Wildman–Crippen LogP) is 3.72. The van der Waals surface area contributed by atoms with Crippen molar-refractivity contribution in [1.82, 2.24) is 4.31 Å². The average Bonchev–Trinajstić information content (AvgIpc) is 2.74. The lowest BCUT2D eigenvalue weighted by atomic mass is 10.0. The van der Waals surface area contributed by atoms with E-state index in [1.807, 2.05) is 6.92 Å². The van der Waals surface area contributed by atoms with Crippen molar-refractivity contribution in [3.05, 3.63) is 56.6 Å². The van der Waals surface area contributed by atoms with Crippen LogP contribution in [0.2, 0.25) is 0 Å². The number of methoxy groups -OCH3 is 1. The maximum atomic E-state index is 12.9. The van der Waals surface area contributed by atoms with E-state index in [0.29, 0.717) is 31.8 Å². The Labute approximate surface area is 178 Å². The lowest BCUT2D eigenvalue weighted by Crippen LogP contribution is -2.37. The summed E-state index contributed by atoms with van der Waals surface area (Å²) in [5.74, 6) is 0.0710. The summed E-state index contributed by atoms with van der Waals surface area (Å²) in [6.07, 6.45) is 1.42. The summed E-state index contributed by atoms with van der Waals surface area (Å²) in [5, 5.41) is 22.9. The highest BCUT2D eigenvalue weighted by molar-refractivity contribution is 7.89. The molecule has 1 fully saturated rings. The van der Waals surface area contributed by atoms with Crippen LogP contribution in [0.3, 0.4) is 0 Å². The van der Waals surface area contributed by atoms with Gasteiger partial charge in [0.2, 0.25) is 21.5 Å². The lowest BCUT2D eigenvalue weighted by Gasteiger charge is -2.29. The van der Waals surface area contributed by atoms with Crippen LogP contribution in [0, 0.1) is 26.1 Å². The Morgan fingerprint density at radius 2 is 1.52 bits per heavy atom. The molecular weight excluding hydrogens is 430 g/mol. The van der Waals surface area contributed by atoms with Crippen molar-refractivity contribution in [2.75, 3.05) is 20.2 Å². The van der Waals surface area contributed by atoms with Gasteiger partial charge in [-0.3, -0.25) is 20.2 Å². The van der Waals surface area contributed by atoms with Gasteiger partial charge in [0.1, 0.15) is 5.75 Å². The number of hydrogen-bond acceptors (Lipinski definition) is 8. The van der Waals surface area contributed by atoms with Crippen molar-refractivity contribution in [3.8, 4) is 17.2 Å². The largest absolute Gasteiger partial charge is 0.496 e. The van der Waals surface area contributed by atoms with Gasteiger partial charge in [-0.2, -0.15) is 4.31 Å². The second-order valence-electron chi connectivity index (χ2n) is 7.17. The molecule has 0 aromatic heterocycles. The molecular formula is C19H21N3O8S. The molecule has 1 saturated heterocycles. The minimum atomic E-state index is -3.91. The first-order valence-corrected chi connectivity index (χ1v) is 10.9. The lowest BCUT2D eigenvalue weighted by molar-refractivity contribution is -0.387. The van der Waals surface area contributed by atoms with E-state index in [0.717, 1.165) is 18.2 Å². The molecule has 0 radical (unpaired) electrons. The fraction of sp³-hybridized carbons (Fsp3) is 0.368. The SMILES string of the molecule is COc1ccc(Oc2ccc(S(=O)(=O)N3CCC(C)CC3)cc2[N+](=O)[O-])c([N+](=O)[O-])c1. The quantitative estimate of drug-likeness (QED) is 0.458. The molecule has 11 nitrogen and oxygen atoms in total. The Balaban J connectivity index is 1.97. The molecule has 0 unspecified atom stereocenters. The predicted molar refractivity (Wildman–Crippen MR) is 110 cm³/mol. The van der Waals surface area contributed by atoms with Crippen LogP contribution in [0.15, 0.2) is 41.3 Å². The molecule has 0 N–H and O–H groups in total. The van der Waals surface area contributed by atoms with Gasteiger partial charge < -0.3 is 9.47 Å². The fourth-order valence-corrected chi connectivity index (χ4v) is 4.72. The molecule has 0 amide bonds. The third-order valence-electron chi connectivity index (χ3n) is 5.09. The van der Waals surface area contributed by atoms with E-state index >= 15 is 0 Å². The Hall–Kier alpha value is -3.25. The average molecular weight is 451 g/mol. The number of nitro benzene ring substituents is 2. The Morgan fingerprint density at radius 1 is 0.968 bits per heavy atom. The first kappa shape index (κ1) is 22.4. The van der Waals surface area contributed by atoms with Gasteiger partial charge in [0.05, 0.1) is 27.9 Å². The van der Waals surface area contributed by atoms with Gasteiger partial charge in [0.15, 0.2) is 0 Å². The molecule has 0 aliphatic carbocycles. The second kappa shape index (κ2) is 8.86. The van der Waals surface area contributed by atoms with Crippen LogP contribution in [0.1, 0.15) is 19.8 Å². The highest BCUT2D eigenvalue weighted by Crippen LogP contribution is 2.39. The minimum Gasteiger partial charge on any atom is -0.496 e. The number of nitrogens with zero attached hydrogens (tertiary/aromatic N) is 3. The van der Waals surface area contributed by atoms with Gasteiger partial charge >= 0.3 is 11.4 Å². The van der Waals surface area contributed by atoms with Crippen molar-refractivity contribution >= 4 is 21.4 Å². The highest BCUT2D eigenvalue weighted by Gasteiger charge is 2.31. The monoisotopic (exact) mass is 451 g/mol. The Morgan fingerprint density at radius 3 is 2.06 bits per heavy atom. The van der Waals surface area contributed by atoms with E-state index in [4.69, 9.17) is 9.47 Å². The molecule has 3 rings (SSSR count). The van der Waals surface area contributed by atoms with Crippen LogP contribution in [0.5, 0.6) is 17.2 Å².